The molecule has 0 amide bonds. The van der Waals surface area contributed by atoms with Crippen molar-refractivity contribution in [2.24, 2.45) is 4.99 Å². The summed E-state index contributed by atoms with van der Waals surface area (Å²) in [6.07, 6.45) is 1.61. The van der Waals surface area contributed by atoms with Gasteiger partial charge in [-0.1, -0.05) is 15.9 Å². The maximum absolute atomic E-state index is 9.77. The smallest absolute Gasteiger partial charge is 0.162 e. The normalized spacial score (nSPS) is 10.8. The number of hydrogen-bond acceptors (Lipinski definition) is 4. The van der Waals surface area contributed by atoms with E-state index in [0.29, 0.717) is 23.7 Å². The number of phenolic OH excluding ortho intramolecular Hbond substituents is 1. The first-order chi connectivity index (χ1) is 10.1. The lowest BCUT2D eigenvalue weighted by molar-refractivity contribution is 0.311. The second kappa shape index (κ2) is 7.13. The van der Waals surface area contributed by atoms with E-state index >= 15 is 0 Å². The number of benzene rings is 2. The fraction of sp³-hybridized carbons (Fsp3) is 0.188. The van der Waals surface area contributed by atoms with E-state index in [4.69, 9.17) is 9.47 Å². The number of hydrogen-bond donors (Lipinski definition) is 1. The number of phenols is 1. The van der Waals surface area contributed by atoms with Crippen molar-refractivity contribution in [1.29, 1.82) is 0 Å². The summed E-state index contributed by atoms with van der Waals surface area (Å²) >= 11 is 3.36. The van der Waals surface area contributed by atoms with Crippen molar-refractivity contribution in [1.82, 2.24) is 0 Å². The Labute approximate surface area is 132 Å². The van der Waals surface area contributed by atoms with E-state index in [1.165, 1.54) is 0 Å². The summed E-state index contributed by atoms with van der Waals surface area (Å²) in [6, 6.07) is 10.6. The summed E-state index contributed by atoms with van der Waals surface area (Å²) in [5.41, 5.74) is 1.35. The molecule has 5 heteroatoms. The van der Waals surface area contributed by atoms with Crippen LogP contribution in [-0.2, 0) is 0 Å². The molecule has 0 fully saturated rings. The minimum absolute atomic E-state index is 0.180. The Balaban J connectivity index is 2.26. The molecule has 1 N–H and O–H groups in total. The van der Waals surface area contributed by atoms with Gasteiger partial charge >= 0.3 is 0 Å². The summed E-state index contributed by atoms with van der Waals surface area (Å²) in [4.78, 5) is 4.35. The minimum Gasteiger partial charge on any atom is -0.507 e. The number of methoxy groups -OCH3 is 1. The first kappa shape index (κ1) is 15.4. The zero-order chi connectivity index (χ0) is 15.2. The largest absolute Gasteiger partial charge is 0.507 e. The van der Waals surface area contributed by atoms with Crippen molar-refractivity contribution < 1.29 is 14.6 Å². The van der Waals surface area contributed by atoms with Gasteiger partial charge < -0.3 is 14.6 Å². The molecule has 21 heavy (non-hydrogen) atoms. The number of halogens is 1. The topological polar surface area (TPSA) is 51.0 Å². The fourth-order valence-electron chi connectivity index (χ4n) is 1.78. The molecule has 0 aliphatic rings. The lowest BCUT2D eigenvalue weighted by atomic mass is 10.2. The Morgan fingerprint density at radius 1 is 1.19 bits per heavy atom. The molecule has 110 valence electrons. The quantitative estimate of drug-likeness (QED) is 0.818. The van der Waals surface area contributed by atoms with Gasteiger partial charge in [-0.2, -0.15) is 0 Å². The molecular formula is C16H16BrNO3. The minimum atomic E-state index is 0.180. The molecule has 0 atom stereocenters. The van der Waals surface area contributed by atoms with Crippen molar-refractivity contribution >= 4 is 27.8 Å². The highest BCUT2D eigenvalue weighted by molar-refractivity contribution is 9.10. The third kappa shape index (κ3) is 3.98. The molecule has 0 spiro atoms. The highest BCUT2D eigenvalue weighted by Gasteiger charge is 2.05. The highest BCUT2D eigenvalue weighted by atomic mass is 79.9. The number of ether oxygens (including phenoxy) is 2. The van der Waals surface area contributed by atoms with E-state index in [2.05, 4.69) is 20.9 Å². The van der Waals surface area contributed by atoms with Crippen LogP contribution in [0.1, 0.15) is 12.5 Å². The van der Waals surface area contributed by atoms with Crippen LogP contribution in [0.15, 0.2) is 45.9 Å². The molecule has 0 aliphatic carbocycles. The van der Waals surface area contributed by atoms with Crippen molar-refractivity contribution in [2.45, 2.75) is 6.92 Å². The van der Waals surface area contributed by atoms with E-state index in [9.17, 15) is 5.11 Å². The molecular weight excluding hydrogens is 334 g/mol. The molecule has 0 saturated carbocycles. The number of aromatic hydroxyl groups is 1. The average Bonchev–Trinajstić information content (AvgIpc) is 2.49. The third-order valence-corrected chi connectivity index (χ3v) is 3.28. The first-order valence-electron chi connectivity index (χ1n) is 6.47. The van der Waals surface area contributed by atoms with E-state index in [0.717, 1.165) is 10.2 Å². The second-order valence-corrected chi connectivity index (χ2v) is 5.15. The monoisotopic (exact) mass is 349 g/mol. The molecule has 0 unspecified atom stereocenters. The van der Waals surface area contributed by atoms with E-state index in [-0.39, 0.29) is 5.75 Å². The van der Waals surface area contributed by atoms with Gasteiger partial charge in [-0.05, 0) is 37.3 Å². The van der Waals surface area contributed by atoms with Crippen molar-refractivity contribution in [3.8, 4) is 17.2 Å². The van der Waals surface area contributed by atoms with Gasteiger partial charge in [-0.15, -0.1) is 0 Å². The number of aliphatic imine (C=N–C) groups is 1. The van der Waals surface area contributed by atoms with Crippen LogP contribution in [0.2, 0.25) is 0 Å². The van der Waals surface area contributed by atoms with Crippen LogP contribution < -0.4 is 9.47 Å². The van der Waals surface area contributed by atoms with Gasteiger partial charge in [0.2, 0.25) is 0 Å². The third-order valence-electron chi connectivity index (χ3n) is 2.79. The fourth-order valence-corrected chi connectivity index (χ4v) is 2.16. The maximum Gasteiger partial charge on any atom is 0.162 e. The van der Waals surface area contributed by atoms with Crippen LogP contribution in [-0.4, -0.2) is 25.0 Å². The molecule has 0 saturated heterocycles. The Kier molecular flexibility index (Phi) is 5.22. The lowest BCUT2D eigenvalue weighted by Gasteiger charge is -2.09. The molecule has 0 aliphatic heterocycles. The van der Waals surface area contributed by atoms with E-state index in [1.807, 2.05) is 19.1 Å². The summed E-state index contributed by atoms with van der Waals surface area (Å²) in [5, 5.41) is 9.77. The van der Waals surface area contributed by atoms with Gasteiger partial charge in [-0.25, -0.2) is 0 Å². The molecule has 0 radical (unpaired) electrons. The van der Waals surface area contributed by atoms with Gasteiger partial charge in [0.05, 0.1) is 19.4 Å². The van der Waals surface area contributed by atoms with E-state index in [1.54, 1.807) is 37.6 Å². The number of rotatable bonds is 5. The summed E-state index contributed by atoms with van der Waals surface area (Å²) < 4.78 is 11.6. The maximum atomic E-state index is 9.77. The summed E-state index contributed by atoms with van der Waals surface area (Å²) in [6.45, 7) is 2.49. The average molecular weight is 350 g/mol. The summed E-state index contributed by atoms with van der Waals surface area (Å²) in [7, 11) is 1.59. The molecule has 0 bridgehead atoms. The molecule has 2 rings (SSSR count). The highest BCUT2D eigenvalue weighted by Crippen LogP contribution is 2.31. The van der Waals surface area contributed by atoms with Gasteiger partial charge in [0.1, 0.15) is 5.75 Å². The van der Waals surface area contributed by atoms with Crippen molar-refractivity contribution in [3.63, 3.8) is 0 Å². The van der Waals surface area contributed by atoms with Crippen LogP contribution in [0.3, 0.4) is 0 Å². The van der Waals surface area contributed by atoms with Gasteiger partial charge in [0, 0.05) is 22.3 Å². The van der Waals surface area contributed by atoms with E-state index < -0.39 is 0 Å². The summed E-state index contributed by atoms with van der Waals surface area (Å²) in [5.74, 6) is 1.49. The van der Waals surface area contributed by atoms with Crippen LogP contribution >= 0.6 is 15.9 Å². The zero-order valence-corrected chi connectivity index (χ0v) is 13.4. The zero-order valence-electron chi connectivity index (χ0n) is 11.8. The first-order valence-corrected chi connectivity index (χ1v) is 7.26. The SMILES string of the molecule is CCOc1ccc(N=Cc2cc(Br)ccc2O)cc1OC. The Morgan fingerprint density at radius 3 is 2.71 bits per heavy atom. The number of nitrogens with zero attached hydrogens (tertiary/aromatic N) is 1. The molecule has 0 aromatic heterocycles. The van der Waals surface area contributed by atoms with Crippen LogP contribution in [0.4, 0.5) is 5.69 Å². The molecule has 0 heterocycles. The molecule has 4 nitrogen and oxygen atoms in total. The van der Waals surface area contributed by atoms with Gasteiger partial charge in [-0.3, -0.25) is 4.99 Å². The lowest BCUT2D eigenvalue weighted by Crippen LogP contribution is -1.94. The van der Waals surface area contributed by atoms with Crippen molar-refractivity contribution in [3.05, 3.63) is 46.4 Å². The predicted molar refractivity (Wildman–Crippen MR) is 87.2 cm³/mol. The Bertz CT molecular complexity index is 656. The molecule has 2 aromatic rings. The van der Waals surface area contributed by atoms with Crippen LogP contribution in [0, 0.1) is 0 Å². The molecule has 2 aromatic carbocycles. The van der Waals surface area contributed by atoms with Gasteiger partial charge in [0.15, 0.2) is 11.5 Å². The van der Waals surface area contributed by atoms with Crippen LogP contribution in [0.25, 0.3) is 0 Å². The Morgan fingerprint density at radius 2 is 2.00 bits per heavy atom. The second-order valence-electron chi connectivity index (χ2n) is 4.23. The van der Waals surface area contributed by atoms with Crippen LogP contribution in [0.5, 0.6) is 17.2 Å². The Hall–Kier alpha value is -2.01. The predicted octanol–water partition coefficient (Wildman–Crippen LogP) is 4.31. The van der Waals surface area contributed by atoms with Gasteiger partial charge in [0.25, 0.3) is 0 Å². The standard InChI is InChI=1S/C16H16BrNO3/c1-3-21-15-7-5-13(9-16(15)20-2)18-10-11-8-12(17)4-6-14(11)19/h4-10,19H,3H2,1-2H3. The van der Waals surface area contributed by atoms with Crippen molar-refractivity contribution in [2.75, 3.05) is 13.7 Å².